The number of carbonyl (C=O) groups is 1. The Kier molecular flexibility index (Phi) is 1.91. The molecule has 0 bridgehead atoms. The topological polar surface area (TPSA) is 55.8 Å². The van der Waals surface area contributed by atoms with E-state index in [9.17, 15) is 4.79 Å². The Morgan fingerprint density at radius 2 is 2.60 bits per heavy atom. The number of hydrogen-bond donors (Lipinski definition) is 1. The molecule has 1 aliphatic rings. The fourth-order valence-corrected chi connectivity index (χ4v) is 0.674. The molecule has 56 valence electrons. The number of esters is 1. The Balaban J connectivity index is 2.72. The Bertz CT molecular complexity index is 173. The van der Waals surface area contributed by atoms with E-state index in [1.807, 2.05) is 0 Å². The third-order valence-corrected chi connectivity index (χ3v) is 1.15. The molecule has 1 atom stereocenters. The number of hydrogen-bond acceptors (Lipinski definition) is 4. The number of rotatable bonds is 1. The van der Waals surface area contributed by atoms with Gasteiger partial charge in [0.05, 0.1) is 7.11 Å². The van der Waals surface area contributed by atoms with Crippen LogP contribution in [0.5, 0.6) is 0 Å². The van der Waals surface area contributed by atoms with Crippen LogP contribution in [0.3, 0.4) is 0 Å². The molecule has 0 saturated carbocycles. The minimum absolute atomic E-state index is 0.0195. The van der Waals surface area contributed by atoms with E-state index < -0.39 is 12.1 Å². The molecular weight excluding hydrogens is 136 g/mol. The van der Waals surface area contributed by atoms with E-state index >= 15 is 0 Å². The molecule has 0 aromatic rings. The highest BCUT2D eigenvalue weighted by atomic mass is 16.6. The maximum atomic E-state index is 10.6. The second-order valence-corrected chi connectivity index (χ2v) is 1.90. The van der Waals surface area contributed by atoms with Gasteiger partial charge in [0.15, 0.2) is 0 Å². The molecule has 1 heterocycles. The molecule has 1 rings (SSSR count). The molecule has 0 fully saturated rings. The van der Waals surface area contributed by atoms with Gasteiger partial charge in [-0.1, -0.05) is 0 Å². The third-order valence-electron chi connectivity index (χ3n) is 1.15. The summed E-state index contributed by atoms with van der Waals surface area (Å²) >= 11 is 0. The minimum atomic E-state index is -0.729. The molecule has 4 heteroatoms. The van der Waals surface area contributed by atoms with Gasteiger partial charge in [0.2, 0.25) is 5.76 Å². The lowest BCUT2D eigenvalue weighted by molar-refractivity contribution is -0.147. The number of methoxy groups -OCH3 is 1. The zero-order chi connectivity index (χ0) is 7.56. The highest BCUT2D eigenvalue weighted by Gasteiger charge is 2.20. The first-order chi connectivity index (χ1) is 4.74. The molecule has 1 N–H and O–H groups in total. The monoisotopic (exact) mass is 144 g/mol. The first kappa shape index (κ1) is 7.08. The number of aliphatic hydroxyl groups excluding tert-OH is 1. The second-order valence-electron chi connectivity index (χ2n) is 1.90. The van der Waals surface area contributed by atoms with Crippen LogP contribution in [0, 0.1) is 0 Å². The van der Waals surface area contributed by atoms with Crippen LogP contribution in [0.1, 0.15) is 0 Å². The quantitative estimate of drug-likeness (QED) is 0.501. The van der Waals surface area contributed by atoms with Crippen molar-refractivity contribution in [1.82, 2.24) is 0 Å². The van der Waals surface area contributed by atoms with Gasteiger partial charge in [0.25, 0.3) is 0 Å². The van der Waals surface area contributed by atoms with Crippen molar-refractivity contribution in [3.8, 4) is 0 Å². The predicted molar refractivity (Wildman–Crippen MR) is 32.1 cm³/mol. The van der Waals surface area contributed by atoms with Crippen molar-refractivity contribution in [2.45, 2.75) is 6.10 Å². The molecule has 1 aliphatic heterocycles. The summed E-state index contributed by atoms with van der Waals surface area (Å²) in [6.45, 7) is 0.0195. The van der Waals surface area contributed by atoms with Gasteiger partial charge < -0.3 is 14.6 Å². The third kappa shape index (κ3) is 1.27. The first-order valence-electron chi connectivity index (χ1n) is 2.85. The Hall–Kier alpha value is -1.03. The smallest absolute Gasteiger partial charge is 0.373 e. The molecule has 4 nitrogen and oxygen atoms in total. The van der Waals surface area contributed by atoms with Crippen LogP contribution in [0.4, 0.5) is 0 Å². The van der Waals surface area contributed by atoms with E-state index in [1.165, 1.54) is 13.2 Å². The average molecular weight is 144 g/mol. The van der Waals surface area contributed by atoms with Crippen LogP contribution in [0.15, 0.2) is 11.8 Å². The summed E-state index contributed by atoms with van der Waals surface area (Å²) in [6.07, 6.45) is 0.596. The lowest BCUT2D eigenvalue weighted by atomic mass is 10.3. The summed E-state index contributed by atoms with van der Waals surface area (Å²) in [6, 6.07) is 0. The summed E-state index contributed by atoms with van der Waals surface area (Å²) in [5.41, 5.74) is 0. The summed E-state index contributed by atoms with van der Waals surface area (Å²) < 4.78 is 9.11. The van der Waals surface area contributed by atoms with Gasteiger partial charge in [-0.25, -0.2) is 4.79 Å². The average Bonchev–Trinajstić information content (AvgIpc) is 1.94. The van der Waals surface area contributed by atoms with E-state index in [-0.39, 0.29) is 12.4 Å². The predicted octanol–water partition coefficient (Wildman–Crippen LogP) is -0.566. The van der Waals surface area contributed by atoms with Gasteiger partial charge in [-0.2, -0.15) is 0 Å². The normalized spacial score (nSPS) is 25.2. The molecule has 0 aromatic heterocycles. The fourth-order valence-electron chi connectivity index (χ4n) is 0.674. The molecule has 0 saturated heterocycles. The minimum Gasteiger partial charge on any atom is -0.490 e. The SMILES string of the molecule is COC1=CC(O)COC1=O. The Morgan fingerprint density at radius 3 is 3.10 bits per heavy atom. The van der Waals surface area contributed by atoms with Crippen molar-refractivity contribution < 1.29 is 19.4 Å². The highest BCUT2D eigenvalue weighted by Crippen LogP contribution is 2.07. The molecule has 10 heavy (non-hydrogen) atoms. The highest BCUT2D eigenvalue weighted by molar-refractivity contribution is 5.87. The summed E-state index contributed by atoms with van der Waals surface area (Å²) in [5.74, 6) is -0.452. The van der Waals surface area contributed by atoms with Crippen molar-refractivity contribution in [2.75, 3.05) is 13.7 Å². The zero-order valence-corrected chi connectivity index (χ0v) is 5.53. The maximum Gasteiger partial charge on any atom is 0.373 e. The molecule has 0 amide bonds. The van der Waals surface area contributed by atoms with E-state index in [2.05, 4.69) is 9.47 Å². The first-order valence-corrected chi connectivity index (χ1v) is 2.85. The van der Waals surface area contributed by atoms with E-state index in [1.54, 1.807) is 0 Å². The maximum absolute atomic E-state index is 10.6. The van der Waals surface area contributed by atoms with E-state index in [4.69, 9.17) is 5.11 Å². The molecular formula is C6H8O4. The molecule has 1 unspecified atom stereocenters. The van der Waals surface area contributed by atoms with E-state index in [0.29, 0.717) is 0 Å². The summed E-state index contributed by atoms with van der Waals surface area (Å²) in [7, 11) is 1.35. The lowest BCUT2D eigenvalue weighted by Gasteiger charge is -2.15. The van der Waals surface area contributed by atoms with Gasteiger partial charge in [0.1, 0.15) is 12.7 Å². The zero-order valence-electron chi connectivity index (χ0n) is 5.53. The van der Waals surface area contributed by atoms with Crippen molar-refractivity contribution >= 4 is 5.97 Å². The van der Waals surface area contributed by atoms with Crippen LogP contribution < -0.4 is 0 Å². The number of carbonyl (C=O) groups excluding carboxylic acids is 1. The van der Waals surface area contributed by atoms with Crippen LogP contribution in [0.25, 0.3) is 0 Å². The number of ether oxygens (including phenoxy) is 2. The van der Waals surface area contributed by atoms with Gasteiger partial charge in [-0.05, 0) is 6.08 Å². The molecule has 0 aliphatic carbocycles. The molecule has 0 spiro atoms. The second kappa shape index (κ2) is 2.70. The summed E-state index contributed by atoms with van der Waals surface area (Å²) in [4.78, 5) is 10.6. The molecule has 0 aromatic carbocycles. The fraction of sp³-hybridized carbons (Fsp3) is 0.500. The van der Waals surface area contributed by atoms with Crippen molar-refractivity contribution in [3.63, 3.8) is 0 Å². The standard InChI is InChI=1S/C6H8O4/c1-9-5-2-4(7)3-10-6(5)8/h2,4,7H,3H2,1H3. The van der Waals surface area contributed by atoms with Gasteiger partial charge in [0, 0.05) is 0 Å². The molecule has 0 radical (unpaired) electrons. The van der Waals surface area contributed by atoms with Gasteiger partial charge in [-0.15, -0.1) is 0 Å². The van der Waals surface area contributed by atoms with Crippen LogP contribution in [-0.4, -0.2) is 30.9 Å². The largest absolute Gasteiger partial charge is 0.490 e. The van der Waals surface area contributed by atoms with Gasteiger partial charge >= 0.3 is 5.97 Å². The Labute approximate surface area is 58.1 Å². The van der Waals surface area contributed by atoms with Crippen molar-refractivity contribution in [2.24, 2.45) is 0 Å². The van der Waals surface area contributed by atoms with Crippen LogP contribution in [-0.2, 0) is 14.3 Å². The number of cyclic esters (lactones) is 1. The van der Waals surface area contributed by atoms with Crippen molar-refractivity contribution in [1.29, 1.82) is 0 Å². The van der Waals surface area contributed by atoms with E-state index in [0.717, 1.165) is 0 Å². The summed E-state index contributed by atoms with van der Waals surface area (Å²) in [5, 5.41) is 8.89. The van der Waals surface area contributed by atoms with Crippen LogP contribution in [0.2, 0.25) is 0 Å². The van der Waals surface area contributed by atoms with Crippen LogP contribution >= 0.6 is 0 Å². The van der Waals surface area contributed by atoms with Gasteiger partial charge in [-0.3, -0.25) is 0 Å². The van der Waals surface area contributed by atoms with Crippen molar-refractivity contribution in [3.05, 3.63) is 11.8 Å². The lowest BCUT2D eigenvalue weighted by Crippen LogP contribution is -2.25. The Morgan fingerprint density at radius 1 is 1.90 bits per heavy atom. The number of aliphatic hydroxyl groups is 1.